The molecule has 2 fully saturated rings. The SMILES string of the molecule is Cc1cc(C)cc(OCc2nc(CN(C(=O)C3CCCC3)C3CC3)cs2)c1. The number of ether oxygens (including phenoxy) is 1. The van der Waals surface area contributed by atoms with Crippen LogP contribution in [0, 0.1) is 19.8 Å². The topological polar surface area (TPSA) is 42.4 Å². The lowest BCUT2D eigenvalue weighted by Crippen LogP contribution is -2.36. The Balaban J connectivity index is 1.37. The molecule has 1 aromatic heterocycles. The van der Waals surface area contributed by atoms with Crippen molar-refractivity contribution in [2.45, 2.75) is 71.6 Å². The van der Waals surface area contributed by atoms with E-state index in [4.69, 9.17) is 9.72 Å². The summed E-state index contributed by atoms with van der Waals surface area (Å²) in [5, 5.41) is 3.05. The fourth-order valence-electron chi connectivity index (χ4n) is 4.00. The quantitative estimate of drug-likeness (QED) is 0.673. The molecule has 0 atom stereocenters. The summed E-state index contributed by atoms with van der Waals surface area (Å²) in [5.74, 6) is 1.49. The van der Waals surface area contributed by atoms with Gasteiger partial charge in [-0.25, -0.2) is 4.98 Å². The minimum absolute atomic E-state index is 0.247. The van der Waals surface area contributed by atoms with E-state index >= 15 is 0 Å². The van der Waals surface area contributed by atoms with E-state index in [1.807, 2.05) is 0 Å². The summed E-state index contributed by atoms with van der Waals surface area (Å²) in [7, 11) is 0. The predicted octanol–water partition coefficient (Wildman–Crippen LogP) is 5.02. The number of thiazole rings is 1. The second kappa shape index (κ2) is 8.01. The lowest BCUT2D eigenvalue weighted by atomic mass is 10.1. The summed E-state index contributed by atoms with van der Waals surface area (Å²) < 4.78 is 5.93. The van der Waals surface area contributed by atoms with Crippen molar-refractivity contribution in [3.63, 3.8) is 0 Å². The highest BCUT2D eigenvalue weighted by atomic mass is 32.1. The molecule has 27 heavy (non-hydrogen) atoms. The van der Waals surface area contributed by atoms with E-state index in [1.165, 1.54) is 24.0 Å². The number of benzene rings is 1. The average Bonchev–Trinajstić information content (AvgIpc) is 3.14. The van der Waals surface area contributed by atoms with E-state index in [2.05, 4.69) is 42.3 Å². The summed E-state index contributed by atoms with van der Waals surface area (Å²) in [6, 6.07) is 6.69. The van der Waals surface area contributed by atoms with Crippen molar-refractivity contribution in [2.75, 3.05) is 0 Å². The van der Waals surface area contributed by atoms with Crippen molar-refractivity contribution in [1.82, 2.24) is 9.88 Å². The van der Waals surface area contributed by atoms with Gasteiger partial charge in [0.2, 0.25) is 5.91 Å². The molecule has 1 amide bonds. The number of hydrogen-bond donors (Lipinski definition) is 0. The lowest BCUT2D eigenvalue weighted by molar-refractivity contribution is -0.136. The highest BCUT2D eigenvalue weighted by Crippen LogP contribution is 2.34. The van der Waals surface area contributed by atoms with E-state index < -0.39 is 0 Å². The molecule has 0 spiro atoms. The highest BCUT2D eigenvalue weighted by Gasteiger charge is 2.36. The molecule has 0 radical (unpaired) electrons. The van der Waals surface area contributed by atoms with Gasteiger partial charge in [-0.1, -0.05) is 18.9 Å². The number of nitrogens with zero attached hydrogens (tertiary/aromatic N) is 2. The molecule has 0 bridgehead atoms. The maximum atomic E-state index is 12.9. The van der Waals surface area contributed by atoms with Gasteiger partial charge in [-0.3, -0.25) is 4.79 Å². The summed E-state index contributed by atoms with van der Waals surface area (Å²) in [4.78, 5) is 19.7. The number of aryl methyl sites for hydroxylation is 2. The van der Waals surface area contributed by atoms with Crippen molar-refractivity contribution in [2.24, 2.45) is 5.92 Å². The molecule has 144 valence electrons. The Labute approximate surface area is 165 Å². The van der Waals surface area contributed by atoms with Crippen LogP contribution in [-0.4, -0.2) is 21.8 Å². The van der Waals surface area contributed by atoms with Crippen molar-refractivity contribution >= 4 is 17.2 Å². The molecule has 4 nitrogen and oxygen atoms in total. The third-order valence-corrected chi connectivity index (χ3v) is 6.34. The number of aromatic nitrogens is 1. The van der Waals surface area contributed by atoms with E-state index in [9.17, 15) is 4.79 Å². The standard InChI is InChI=1S/C22H28N2O2S/c1-15-9-16(2)11-20(10-15)26-13-21-23-18(14-27-21)12-24(19-7-8-19)22(25)17-5-3-4-6-17/h9-11,14,17,19H,3-8,12-13H2,1-2H3. The van der Waals surface area contributed by atoms with E-state index in [0.29, 0.717) is 25.1 Å². The van der Waals surface area contributed by atoms with Gasteiger partial charge in [0.25, 0.3) is 0 Å². The Morgan fingerprint density at radius 1 is 1.15 bits per heavy atom. The third-order valence-electron chi connectivity index (χ3n) is 5.46. The molecule has 2 aliphatic carbocycles. The number of rotatable bonds is 7. The summed E-state index contributed by atoms with van der Waals surface area (Å²) >= 11 is 1.62. The van der Waals surface area contributed by atoms with Crippen LogP contribution in [0.1, 0.15) is 60.4 Å². The maximum Gasteiger partial charge on any atom is 0.226 e. The average molecular weight is 385 g/mol. The zero-order valence-corrected chi connectivity index (χ0v) is 17.1. The fourth-order valence-corrected chi connectivity index (χ4v) is 4.70. The first-order valence-corrected chi connectivity index (χ1v) is 10.9. The van der Waals surface area contributed by atoms with Crippen molar-refractivity contribution in [3.05, 3.63) is 45.4 Å². The molecule has 1 aromatic carbocycles. The lowest BCUT2D eigenvalue weighted by Gasteiger charge is -2.24. The first kappa shape index (κ1) is 18.5. The third kappa shape index (κ3) is 4.70. The Kier molecular flexibility index (Phi) is 5.48. The van der Waals surface area contributed by atoms with Gasteiger partial charge in [-0.2, -0.15) is 0 Å². The summed E-state index contributed by atoms with van der Waals surface area (Å²) in [6.07, 6.45) is 6.82. The van der Waals surface area contributed by atoms with Crippen molar-refractivity contribution in [3.8, 4) is 5.75 Å². The van der Waals surface area contributed by atoms with E-state index in [1.54, 1.807) is 11.3 Å². The molecule has 2 saturated carbocycles. The van der Waals surface area contributed by atoms with Crippen LogP contribution in [0.2, 0.25) is 0 Å². The molecule has 0 unspecified atom stereocenters. The van der Waals surface area contributed by atoms with Crippen LogP contribution in [0.3, 0.4) is 0 Å². The normalized spacial score (nSPS) is 17.3. The van der Waals surface area contributed by atoms with Crippen LogP contribution in [0.25, 0.3) is 0 Å². The minimum atomic E-state index is 0.247. The molecule has 5 heteroatoms. The molecule has 0 N–H and O–H groups in total. The molecular weight excluding hydrogens is 356 g/mol. The molecule has 0 saturated heterocycles. The molecule has 2 aliphatic rings. The molecule has 4 rings (SSSR count). The first-order valence-electron chi connectivity index (χ1n) is 10.0. The van der Waals surface area contributed by atoms with Gasteiger partial charge >= 0.3 is 0 Å². The van der Waals surface area contributed by atoms with Crippen LogP contribution >= 0.6 is 11.3 Å². The Morgan fingerprint density at radius 2 is 1.85 bits per heavy atom. The number of hydrogen-bond acceptors (Lipinski definition) is 4. The number of carbonyl (C=O) groups excluding carboxylic acids is 1. The van der Waals surface area contributed by atoms with Gasteiger partial charge in [0.1, 0.15) is 17.4 Å². The smallest absolute Gasteiger partial charge is 0.226 e. The zero-order chi connectivity index (χ0) is 18.8. The van der Waals surface area contributed by atoms with Gasteiger partial charge in [-0.15, -0.1) is 11.3 Å². The second-order valence-electron chi connectivity index (χ2n) is 8.02. The van der Waals surface area contributed by atoms with Gasteiger partial charge < -0.3 is 9.64 Å². The largest absolute Gasteiger partial charge is 0.486 e. The van der Waals surface area contributed by atoms with Gasteiger partial charge in [0, 0.05) is 17.3 Å². The second-order valence-corrected chi connectivity index (χ2v) is 8.97. The number of carbonyl (C=O) groups is 1. The van der Waals surface area contributed by atoms with Gasteiger partial charge in [-0.05, 0) is 62.8 Å². The van der Waals surface area contributed by atoms with Crippen molar-refractivity contribution in [1.29, 1.82) is 0 Å². The number of amides is 1. The van der Waals surface area contributed by atoms with Crippen LogP contribution in [0.4, 0.5) is 0 Å². The monoisotopic (exact) mass is 384 g/mol. The maximum absolute atomic E-state index is 12.9. The van der Waals surface area contributed by atoms with Crippen molar-refractivity contribution < 1.29 is 9.53 Å². The first-order chi connectivity index (χ1) is 13.1. The fraction of sp³-hybridized carbons (Fsp3) is 0.545. The van der Waals surface area contributed by atoms with Gasteiger partial charge in [0.05, 0.1) is 12.2 Å². The van der Waals surface area contributed by atoms with Crippen LogP contribution in [0.5, 0.6) is 5.75 Å². The summed E-state index contributed by atoms with van der Waals surface area (Å²) in [6.45, 7) is 5.29. The predicted molar refractivity (Wildman–Crippen MR) is 108 cm³/mol. The van der Waals surface area contributed by atoms with Crippen LogP contribution < -0.4 is 4.74 Å². The molecule has 0 aliphatic heterocycles. The highest BCUT2D eigenvalue weighted by molar-refractivity contribution is 7.09. The van der Waals surface area contributed by atoms with Crippen LogP contribution in [-0.2, 0) is 17.9 Å². The molecule has 2 aromatic rings. The Bertz CT molecular complexity index is 786. The minimum Gasteiger partial charge on any atom is -0.486 e. The Hall–Kier alpha value is -1.88. The zero-order valence-electron chi connectivity index (χ0n) is 16.2. The summed E-state index contributed by atoms with van der Waals surface area (Å²) in [5.41, 5.74) is 3.41. The molecule has 1 heterocycles. The van der Waals surface area contributed by atoms with Gasteiger partial charge in [0.15, 0.2) is 0 Å². The van der Waals surface area contributed by atoms with E-state index in [-0.39, 0.29) is 5.92 Å². The van der Waals surface area contributed by atoms with E-state index in [0.717, 1.165) is 42.1 Å². The van der Waals surface area contributed by atoms with Crippen LogP contribution in [0.15, 0.2) is 23.6 Å². The molecular formula is C22H28N2O2S. The Morgan fingerprint density at radius 3 is 2.52 bits per heavy atom.